The van der Waals surface area contributed by atoms with Crippen molar-refractivity contribution in [1.82, 2.24) is 34.6 Å². The highest BCUT2D eigenvalue weighted by atomic mass is 15.4. The van der Waals surface area contributed by atoms with Crippen LogP contribution in [0.5, 0.6) is 0 Å². The van der Waals surface area contributed by atoms with Crippen LogP contribution in [0.4, 0.5) is 0 Å². The lowest BCUT2D eigenvalue weighted by molar-refractivity contribution is 0.664. The van der Waals surface area contributed by atoms with Gasteiger partial charge in [-0.2, -0.15) is 0 Å². The van der Waals surface area contributed by atoms with Gasteiger partial charge >= 0.3 is 0 Å². The molecule has 0 atom stereocenters. The third-order valence-electron chi connectivity index (χ3n) is 3.26. The van der Waals surface area contributed by atoms with Gasteiger partial charge < -0.3 is 0 Å². The number of nitrogens with zero attached hydrogens (tertiary/aromatic N) is 7. The van der Waals surface area contributed by atoms with Crippen molar-refractivity contribution >= 4 is 16.8 Å². The maximum Gasteiger partial charge on any atom is 0.193 e. The van der Waals surface area contributed by atoms with E-state index in [2.05, 4.69) is 25.5 Å². The molecular weight excluding hydrogens is 254 g/mol. The highest BCUT2D eigenvalue weighted by Gasteiger charge is 2.13. The van der Waals surface area contributed by atoms with Crippen molar-refractivity contribution in [3.8, 4) is 0 Å². The first-order chi connectivity index (χ1) is 9.83. The monoisotopic (exact) mass is 265 g/mol. The van der Waals surface area contributed by atoms with E-state index in [-0.39, 0.29) is 0 Å². The van der Waals surface area contributed by atoms with E-state index in [4.69, 9.17) is 0 Å². The first-order valence-corrected chi connectivity index (χ1v) is 6.26. The zero-order valence-corrected chi connectivity index (χ0v) is 10.8. The van der Waals surface area contributed by atoms with Crippen LogP contribution in [0.15, 0.2) is 36.7 Å². The quantitative estimate of drug-likeness (QED) is 0.545. The number of aromatic nitrogens is 7. The molecule has 0 saturated carbocycles. The average Bonchev–Trinajstić information content (AvgIpc) is 3.05. The van der Waals surface area contributed by atoms with Crippen LogP contribution < -0.4 is 0 Å². The number of benzene rings is 1. The van der Waals surface area contributed by atoms with Crippen LogP contribution >= 0.6 is 0 Å². The van der Waals surface area contributed by atoms with Gasteiger partial charge in [-0.05, 0) is 12.5 Å². The van der Waals surface area contributed by atoms with Crippen molar-refractivity contribution in [2.75, 3.05) is 0 Å². The molecule has 0 unspecified atom stereocenters. The van der Waals surface area contributed by atoms with Crippen LogP contribution in [0.3, 0.4) is 0 Å². The highest BCUT2D eigenvalue weighted by Crippen LogP contribution is 2.15. The Morgan fingerprint density at radius 1 is 1.00 bits per heavy atom. The van der Waals surface area contributed by atoms with E-state index in [1.165, 1.54) is 0 Å². The van der Waals surface area contributed by atoms with Crippen molar-refractivity contribution in [3.05, 3.63) is 48.0 Å². The normalized spacial score (nSPS) is 11.4. The molecule has 20 heavy (non-hydrogen) atoms. The second-order valence-electron chi connectivity index (χ2n) is 4.59. The predicted octanol–water partition coefficient (Wildman–Crippen LogP) is 1.23. The summed E-state index contributed by atoms with van der Waals surface area (Å²) in [5.74, 6) is 0.784. The molecule has 7 heteroatoms. The second kappa shape index (κ2) is 4.09. The third-order valence-corrected chi connectivity index (χ3v) is 3.26. The average molecular weight is 265 g/mol. The molecule has 7 nitrogen and oxygen atoms in total. The predicted molar refractivity (Wildman–Crippen MR) is 72.1 cm³/mol. The molecule has 4 rings (SSSR count). The van der Waals surface area contributed by atoms with E-state index in [1.807, 2.05) is 41.7 Å². The fraction of sp³-hybridized carbons (Fsp3) is 0.154. The van der Waals surface area contributed by atoms with Gasteiger partial charge in [0, 0.05) is 0 Å². The van der Waals surface area contributed by atoms with E-state index in [1.54, 1.807) is 11.0 Å². The van der Waals surface area contributed by atoms with Gasteiger partial charge in [-0.25, -0.2) is 9.67 Å². The van der Waals surface area contributed by atoms with Gasteiger partial charge in [0.1, 0.15) is 12.2 Å². The summed E-state index contributed by atoms with van der Waals surface area (Å²) in [5, 5.41) is 16.5. The Bertz CT molecular complexity index is 891. The Morgan fingerprint density at radius 2 is 1.85 bits per heavy atom. The fourth-order valence-electron chi connectivity index (χ4n) is 2.22. The van der Waals surface area contributed by atoms with E-state index in [0.717, 1.165) is 11.4 Å². The topological polar surface area (TPSA) is 73.8 Å². The molecule has 0 radical (unpaired) electrons. The first-order valence-electron chi connectivity index (χ1n) is 6.26. The van der Waals surface area contributed by atoms with E-state index < -0.39 is 0 Å². The standard InChI is InChI=1S/C13H11N7/c1-9-15-17-13-11-12(14-8-19(9)13)20(18-16-11)7-10-5-3-2-4-6-10/h2-6,8H,7H2,1H3. The minimum absolute atomic E-state index is 0.633. The molecule has 0 N–H and O–H groups in total. The molecule has 98 valence electrons. The van der Waals surface area contributed by atoms with Gasteiger partial charge in [0.25, 0.3) is 0 Å². The van der Waals surface area contributed by atoms with Crippen molar-refractivity contribution in [1.29, 1.82) is 0 Å². The number of aryl methyl sites for hydroxylation is 1. The summed E-state index contributed by atoms with van der Waals surface area (Å²) in [4.78, 5) is 4.42. The molecule has 0 spiro atoms. The van der Waals surface area contributed by atoms with Crippen LogP contribution in [0.25, 0.3) is 16.8 Å². The summed E-state index contributed by atoms with van der Waals surface area (Å²) in [6, 6.07) is 10.1. The Labute approximate surface area is 113 Å². The largest absolute Gasteiger partial charge is 0.267 e. The molecule has 0 saturated heterocycles. The molecule has 4 aromatic rings. The van der Waals surface area contributed by atoms with Crippen molar-refractivity contribution in [3.63, 3.8) is 0 Å². The molecule has 0 aliphatic carbocycles. The van der Waals surface area contributed by atoms with Gasteiger partial charge in [0.2, 0.25) is 0 Å². The van der Waals surface area contributed by atoms with Gasteiger partial charge in [0.05, 0.1) is 6.54 Å². The minimum atomic E-state index is 0.633. The van der Waals surface area contributed by atoms with Crippen LogP contribution in [0, 0.1) is 6.92 Å². The summed E-state index contributed by atoms with van der Waals surface area (Å²) in [6.45, 7) is 2.51. The Hall–Kier alpha value is -2.83. The second-order valence-corrected chi connectivity index (χ2v) is 4.59. The van der Waals surface area contributed by atoms with Crippen molar-refractivity contribution in [2.24, 2.45) is 0 Å². The van der Waals surface area contributed by atoms with Crippen LogP contribution in [0.1, 0.15) is 11.4 Å². The molecule has 0 bridgehead atoms. The maximum absolute atomic E-state index is 4.42. The molecule has 0 fully saturated rings. The highest BCUT2D eigenvalue weighted by molar-refractivity contribution is 5.84. The van der Waals surface area contributed by atoms with E-state index in [0.29, 0.717) is 23.4 Å². The Balaban J connectivity index is 1.87. The van der Waals surface area contributed by atoms with Crippen LogP contribution in [-0.4, -0.2) is 34.6 Å². The molecule has 0 aliphatic heterocycles. The summed E-state index contributed by atoms with van der Waals surface area (Å²) in [5.41, 5.74) is 3.23. The molecule has 3 heterocycles. The van der Waals surface area contributed by atoms with Crippen molar-refractivity contribution < 1.29 is 0 Å². The summed E-state index contributed by atoms with van der Waals surface area (Å²) in [6.07, 6.45) is 1.71. The SMILES string of the molecule is Cc1nnc2c3nnn(Cc4ccccc4)c3ncn12. The maximum atomic E-state index is 4.42. The Kier molecular flexibility index (Phi) is 2.26. The minimum Gasteiger partial charge on any atom is -0.267 e. The lowest BCUT2D eigenvalue weighted by Gasteiger charge is -2.01. The zero-order chi connectivity index (χ0) is 13.5. The van der Waals surface area contributed by atoms with Gasteiger partial charge in [-0.3, -0.25) is 4.40 Å². The smallest absolute Gasteiger partial charge is 0.193 e. The van der Waals surface area contributed by atoms with Crippen molar-refractivity contribution in [2.45, 2.75) is 13.5 Å². The third kappa shape index (κ3) is 1.56. The van der Waals surface area contributed by atoms with Gasteiger partial charge in [-0.15, -0.1) is 15.3 Å². The molecule has 1 aromatic carbocycles. The van der Waals surface area contributed by atoms with Crippen LogP contribution in [0.2, 0.25) is 0 Å². The van der Waals surface area contributed by atoms with E-state index >= 15 is 0 Å². The van der Waals surface area contributed by atoms with Gasteiger partial charge in [-0.1, -0.05) is 35.5 Å². The molecule has 0 aliphatic rings. The molecule has 0 amide bonds. The Morgan fingerprint density at radius 3 is 2.70 bits per heavy atom. The first kappa shape index (κ1) is 11.0. The molecular formula is C13H11N7. The lowest BCUT2D eigenvalue weighted by Crippen LogP contribution is -2.03. The zero-order valence-electron chi connectivity index (χ0n) is 10.8. The summed E-state index contributed by atoms with van der Waals surface area (Å²) < 4.78 is 3.58. The number of fused-ring (bicyclic) bond motifs is 3. The number of rotatable bonds is 2. The van der Waals surface area contributed by atoms with Gasteiger partial charge in [0.15, 0.2) is 16.8 Å². The number of hydrogen-bond donors (Lipinski definition) is 0. The summed E-state index contributed by atoms with van der Waals surface area (Å²) >= 11 is 0. The van der Waals surface area contributed by atoms with E-state index in [9.17, 15) is 0 Å². The molecule has 3 aromatic heterocycles. The van der Waals surface area contributed by atoms with Crippen LogP contribution in [-0.2, 0) is 6.54 Å². The lowest BCUT2D eigenvalue weighted by atomic mass is 10.2. The summed E-state index contributed by atoms with van der Waals surface area (Å²) in [7, 11) is 0. The fourth-order valence-corrected chi connectivity index (χ4v) is 2.22. The number of hydrogen-bond acceptors (Lipinski definition) is 5.